The maximum absolute atomic E-state index is 13.2. The molecular formula is C22H17FN2O3. The summed E-state index contributed by atoms with van der Waals surface area (Å²) in [6, 6.07) is 18.5. The number of halogens is 1. The predicted octanol–water partition coefficient (Wildman–Crippen LogP) is 3.60. The molecule has 0 aromatic heterocycles. The van der Waals surface area contributed by atoms with E-state index in [1.54, 1.807) is 42.5 Å². The van der Waals surface area contributed by atoms with E-state index in [9.17, 15) is 14.0 Å². The Balaban J connectivity index is 1.54. The van der Waals surface area contributed by atoms with Gasteiger partial charge in [-0.2, -0.15) is 0 Å². The van der Waals surface area contributed by atoms with Gasteiger partial charge in [-0.1, -0.05) is 42.5 Å². The molecule has 1 heterocycles. The molecule has 140 valence electrons. The minimum atomic E-state index is -0.357. The summed E-state index contributed by atoms with van der Waals surface area (Å²) >= 11 is 0. The van der Waals surface area contributed by atoms with Crippen molar-refractivity contribution in [1.29, 1.82) is 0 Å². The molecule has 5 nitrogen and oxygen atoms in total. The zero-order chi connectivity index (χ0) is 19.5. The third-order valence-corrected chi connectivity index (χ3v) is 4.64. The van der Waals surface area contributed by atoms with Crippen LogP contribution in [0.5, 0.6) is 0 Å². The number of nitrogens with one attached hydrogen (secondary N) is 2. The van der Waals surface area contributed by atoms with Gasteiger partial charge in [-0.25, -0.2) is 9.87 Å². The second-order valence-corrected chi connectivity index (χ2v) is 6.40. The van der Waals surface area contributed by atoms with E-state index in [0.29, 0.717) is 23.2 Å². The van der Waals surface area contributed by atoms with Crippen molar-refractivity contribution in [1.82, 2.24) is 10.8 Å². The first-order chi connectivity index (χ1) is 13.6. The molecule has 28 heavy (non-hydrogen) atoms. The highest BCUT2D eigenvalue weighted by Gasteiger charge is 2.26. The molecule has 6 heteroatoms. The third kappa shape index (κ3) is 3.50. The Labute approximate surface area is 161 Å². The Morgan fingerprint density at radius 3 is 2.54 bits per heavy atom. The number of hydroxylamine groups is 1. The number of fused-ring (bicyclic) bond motifs is 1. The molecule has 0 fully saturated rings. The quantitative estimate of drug-likeness (QED) is 0.669. The van der Waals surface area contributed by atoms with E-state index >= 15 is 0 Å². The molecule has 3 aromatic carbocycles. The standard InChI is InChI=1S/C22H17FN2O3/c23-17-9-6-14(7-10-17)18-11-8-16(20-19(18)12-24-22(20)27)13-28-25-21(26)15-4-2-1-3-5-15/h1-11H,12-13H2,(H,24,27)(H,25,26). The van der Waals surface area contributed by atoms with Gasteiger partial charge in [0.25, 0.3) is 11.8 Å². The van der Waals surface area contributed by atoms with Crippen molar-refractivity contribution >= 4 is 11.8 Å². The van der Waals surface area contributed by atoms with Crippen molar-refractivity contribution in [3.8, 4) is 11.1 Å². The number of carbonyl (C=O) groups is 2. The summed E-state index contributed by atoms with van der Waals surface area (Å²) in [6.45, 7) is 0.448. The lowest BCUT2D eigenvalue weighted by Gasteiger charge is -2.12. The molecule has 1 aliphatic heterocycles. The molecule has 3 aromatic rings. The van der Waals surface area contributed by atoms with Gasteiger partial charge in [0.2, 0.25) is 0 Å². The summed E-state index contributed by atoms with van der Waals surface area (Å²) in [4.78, 5) is 29.7. The van der Waals surface area contributed by atoms with Crippen molar-refractivity contribution in [2.75, 3.05) is 0 Å². The van der Waals surface area contributed by atoms with Crippen LogP contribution in [0.2, 0.25) is 0 Å². The highest BCUT2D eigenvalue weighted by Crippen LogP contribution is 2.32. The first kappa shape index (κ1) is 17.9. The molecule has 4 rings (SSSR count). The van der Waals surface area contributed by atoms with E-state index in [-0.39, 0.29) is 24.2 Å². The Kier molecular flexibility index (Phi) is 4.87. The number of carbonyl (C=O) groups excluding carboxylic acids is 2. The van der Waals surface area contributed by atoms with Crippen LogP contribution in [0.4, 0.5) is 4.39 Å². The molecule has 0 unspecified atom stereocenters. The molecule has 0 saturated carbocycles. The Morgan fingerprint density at radius 2 is 1.79 bits per heavy atom. The summed E-state index contributed by atoms with van der Waals surface area (Å²) < 4.78 is 13.2. The van der Waals surface area contributed by atoms with E-state index in [2.05, 4.69) is 10.8 Å². The average molecular weight is 376 g/mol. The molecule has 0 radical (unpaired) electrons. The van der Waals surface area contributed by atoms with E-state index in [0.717, 1.165) is 16.7 Å². The van der Waals surface area contributed by atoms with Gasteiger partial charge in [-0.05, 0) is 46.5 Å². The number of hydrogen-bond donors (Lipinski definition) is 2. The summed E-state index contributed by atoms with van der Waals surface area (Å²) in [7, 11) is 0. The Morgan fingerprint density at radius 1 is 1.04 bits per heavy atom. The fraction of sp³-hybridized carbons (Fsp3) is 0.0909. The molecule has 0 saturated heterocycles. The van der Waals surface area contributed by atoms with E-state index in [1.807, 2.05) is 12.1 Å². The lowest BCUT2D eigenvalue weighted by molar-refractivity contribution is 0.0231. The fourth-order valence-electron chi connectivity index (χ4n) is 3.27. The largest absolute Gasteiger partial charge is 0.348 e. The van der Waals surface area contributed by atoms with Crippen molar-refractivity contribution in [2.24, 2.45) is 0 Å². The van der Waals surface area contributed by atoms with E-state index in [4.69, 9.17) is 4.84 Å². The molecule has 0 bridgehead atoms. The van der Waals surface area contributed by atoms with Crippen LogP contribution in [0.15, 0.2) is 66.7 Å². The van der Waals surface area contributed by atoms with Crippen LogP contribution in [0.1, 0.15) is 31.8 Å². The van der Waals surface area contributed by atoms with E-state index in [1.165, 1.54) is 12.1 Å². The molecule has 0 atom stereocenters. The second-order valence-electron chi connectivity index (χ2n) is 6.40. The highest BCUT2D eigenvalue weighted by atomic mass is 19.1. The SMILES string of the molecule is O=C(NOCc1ccc(-c2ccc(F)cc2)c2c1C(=O)NC2)c1ccccc1. The van der Waals surface area contributed by atoms with Crippen LogP contribution in [-0.4, -0.2) is 11.8 Å². The third-order valence-electron chi connectivity index (χ3n) is 4.64. The maximum Gasteiger partial charge on any atom is 0.274 e. The van der Waals surface area contributed by atoms with Crippen LogP contribution in [0.25, 0.3) is 11.1 Å². The smallest absolute Gasteiger partial charge is 0.274 e. The average Bonchev–Trinajstić information content (AvgIpc) is 3.11. The zero-order valence-electron chi connectivity index (χ0n) is 14.9. The lowest BCUT2D eigenvalue weighted by atomic mass is 9.93. The predicted molar refractivity (Wildman–Crippen MR) is 102 cm³/mol. The lowest BCUT2D eigenvalue weighted by Crippen LogP contribution is -2.24. The number of benzene rings is 3. The zero-order valence-corrected chi connectivity index (χ0v) is 14.9. The van der Waals surface area contributed by atoms with Crippen LogP contribution in [-0.2, 0) is 18.0 Å². The number of hydrogen-bond acceptors (Lipinski definition) is 3. The number of amides is 2. The van der Waals surface area contributed by atoms with Crippen molar-refractivity contribution in [2.45, 2.75) is 13.2 Å². The van der Waals surface area contributed by atoms with Crippen LogP contribution >= 0.6 is 0 Å². The van der Waals surface area contributed by atoms with Gasteiger partial charge in [0.1, 0.15) is 12.4 Å². The highest BCUT2D eigenvalue weighted by molar-refractivity contribution is 6.02. The fourth-order valence-corrected chi connectivity index (χ4v) is 3.27. The summed E-state index contributed by atoms with van der Waals surface area (Å²) in [5.41, 5.74) is 6.62. The molecular weight excluding hydrogens is 359 g/mol. The van der Waals surface area contributed by atoms with Crippen molar-refractivity contribution < 1.29 is 18.8 Å². The topological polar surface area (TPSA) is 67.4 Å². The molecule has 2 N–H and O–H groups in total. The van der Waals surface area contributed by atoms with E-state index < -0.39 is 0 Å². The van der Waals surface area contributed by atoms with Gasteiger partial charge in [0, 0.05) is 12.1 Å². The molecule has 2 amide bonds. The Bertz CT molecular complexity index is 1030. The van der Waals surface area contributed by atoms with Crippen LogP contribution in [0, 0.1) is 5.82 Å². The minimum absolute atomic E-state index is 0.0536. The molecule has 0 aliphatic carbocycles. The van der Waals surface area contributed by atoms with Crippen molar-refractivity contribution in [3.63, 3.8) is 0 Å². The van der Waals surface area contributed by atoms with Crippen LogP contribution < -0.4 is 10.8 Å². The number of rotatable bonds is 5. The van der Waals surface area contributed by atoms with Gasteiger partial charge < -0.3 is 5.32 Å². The van der Waals surface area contributed by atoms with Crippen LogP contribution in [0.3, 0.4) is 0 Å². The summed E-state index contributed by atoms with van der Waals surface area (Å²) in [5, 5.41) is 2.82. The van der Waals surface area contributed by atoms with Gasteiger partial charge in [0.15, 0.2) is 0 Å². The summed E-state index contributed by atoms with van der Waals surface area (Å²) in [6.07, 6.45) is 0. The first-order valence-corrected chi connectivity index (χ1v) is 8.79. The first-order valence-electron chi connectivity index (χ1n) is 8.79. The van der Waals surface area contributed by atoms with Gasteiger partial charge >= 0.3 is 0 Å². The maximum atomic E-state index is 13.2. The monoisotopic (exact) mass is 376 g/mol. The van der Waals surface area contributed by atoms with Gasteiger partial charge in [0.05, 0.1) is 5.56 Å². The second kappa shape index (κ2) is 7.62. The minimum Gasteiger partial charge on any atom is -0.348 e. The molecule has 0 spiro atoms. The van der Waals surface area contributed by atoms with Gasteiger partial charge in [-0.3, -0.25) is 14.4 Å². The molecule has 1 aliphatic rings. The summed E-state index contributed by atoms with van der Waals surface area (Å²) in [5.74, 6) is -0.856. The Hall–Kier alpha value is -3.51. The van der Waals surface area contributed by atoms with Gasteiger partial charge in [-0.15, -0.1) is 0 Å². The normalized spacial score (nSPS) is 12.4. The van der Waals surface area contributed by atoms with Crippen molar-refractivity contribution in [3.05, 3.63) is 94.8 Å².